The van der Waals surface area contributed by atoms with Crippen LogP contribution in [-0.2, 0) is 0 Å². The minimum atomic E-state index is -2.72. The summed E-state index contributed by atoms with van der Waals surface area (Å²) in [5.74, 6) is -0.451. The van der Waals surface area contributed by atoms with E-state index in [1.54, 1.807) is 31.9 Å². The van der Waals surface area contributed by atoms with E-state index in [-0.39, 0.29) is 29.2 Å². The molecule has 1 aliphatic carbocycles. The Morgan fingerprint density at radius 1 is 1.28 bits per heavy atom. The highest BCUT2D eigenvalue weighted by Gasteiger charge is 2.37. The predicted molar refractivity (Wildman–Crippen MR) is 100 cm³/mol. The molecule has 150 valence electrons. The van der Waals surface area contributed by atoms with Crippen LogP contribution in [0.2, 0.25) is 0 Å². The lowest BCUT2D eigenvalue weighted by Crippen LogP contribution is -2.29. The van der Waals surface area contributed by atoms with Crippen molar-refractivity contribution in [2.45, 2.75) is 32.7 Å². The monoisotopic (exact) mass is 401 g/mol. The summed E-state index contributed by atoms with van der Waals surface area (Å²) in [4.78, 5) is 22.0. The van der Waals surface area contributed by atoms with E-state index in [1.165, 1.54) is 29.0 Å². The SMILES string of the molecule is Cc1cc(C(=O)N(C)C2C/C2=C/c2cc(C(F)F)nc3ncnn23)cc(C)c1F. The Bertz CT molecular complexity index is 1130. The number of benzene rings is 1. The van der Waals surface area contributed by atoms with Crippen molar-refractivity contribution in [1.82, 2.24) is 24.5 Å². The van der Waals surface area contributed by atoms with Gasteiger partial charge in [-0.1, -0.05) is 0 Å². The van der Waals surface area contributed by atoms with E-state index in [2.05, 4.69) is 15.1 Å². The van der Waals surface area contributed by atoms with Gasteiger partial charge in [-0.3, -0.25) is 4.79 Å². The molecule has 0 saturated heterocycles. The van der Waals surface area contributed by atoms with Gasteiger partial charge in [-0.15, -0.1) is 0 Å². The molecule has 1 atom stereocenters. The number of hydrogen-bond donors (Lipinski definition) is 0. The van der Waals surface area contributed by atoms with Gasteiger partial charge >= 0.3 is 0 Å². The lowest BCUT2D eigenvalue weighted by Gasteiger charge is -2.17. The van der Waals surface area contributed by atoms with E-state index in [0.717, 1.165) is 5.57 Å². The second-order valence-corrected chi connectivity index (χ2v) is 7.16. The number of carbonyl (C=O) groups excluding carboxylic acids is 1. The Balaban J connectivity index is 1.60. The van der Waals surface area contributed by atoms with E-state index >= 15 is 0 Å². The fraction of sp³-hybridized carbons (Fsp3) is 0.300. The number of alkyl halides is 2. The largest absolute Gasteiger partial charge is 0.335 e. The summed E-state index contributed by atoms with van der Waals surface area (Å²) >= 11 is 0. The van der Waals surface area contributed by atoms with Crippen LogP contribution in [0.1, 0.15) is 45.7 Å². The smallest absolute Gasteiger partial charge is 0.280 e. The molecule has 29 heavy (non-hydrogen) atoms. The molecule has 1 amide bonds. The average molecular weight is 401 g/mol. The molecule has 3 aromatic rings. The standard InChI is InChI=1S/C20H18F3N5O/c1-10-4-13(5-11(2)17(10)21)19(29)27(3)16-7-12(16)6-14-8-15(18(22)23)26-20-24-9-25-28(14)20/h4-6,8-9,16,18H,7H2,1-3H3/b12-6-. The Morgan fingerprint density at radius 2 is 1.97 bits per heavy atom. The summed E-state index contributed by atoms with van der Waals surface area (Å²) in [6, 6.07) is 4.17. The van der Waals surface area contributed by atoms with Crippen molar-refractivity contribution < 1.29 is 18.0 Å². The zero-order chi connectivity index (χ0) is 20.9. The summed E-state index contributed by atoms with van der Waals surface area (Å²) in [5.41, 5.74) is 2.19. The molecule has 6 nitrogen and oxygen atoms in total. The van der Waals surface area contributed by atoms with Gasteiger partial charge in [-0.25, -0.2) is 18.2 Å². The number of amides is 1. The molecule has 9 heteroatoms. The number of halogens is 3. The minimum absolute atomic E-state index is 0.0912. The third-order valence-electron chi connectivity index (χ3n) is 5.02. The first kappa shape index (κ1) is 19.1. The van der Waals surface area contributed by atoms with Crippen LogP contribution in [0.4, 0.5) is 13.2 Å². The first-order valence-electron chi connectivity index (χ1n) is 8.99. The van der Waals surface area contributed by atoms with Gasteiger partial charge < -0.3 is 4.90 Å². The van der Waals surface area contributed by atoms with Crippen molar-refractivity contribution in [3.05, 3.63) is 64.0 Å². The number of hydrogen-bond acceptors (Lipinski definition) is 4. The van der Waals surface area contributed by atoms with Crippen molar-refractivity contribution in [2.75, 3.05) is 7.05 Å². The molecule has 4 rings (SSSR count). The molecule has 0 N–H and O–H groups in total. The predicted octanol–water partition coefficient (Wildman–Crippen LogP) is 3.75. The Morgan fingerprint density at radius 3 is 2.62 bits per heavy atom. The van der Waals surface area contributed by atoms with Crippen molar-refractivity contribution >= 4 is 17.8 Å². The summed E-state index contributed by atoms with van der Waals surface area (Å²) < 4.78 is 41.4. The zero-order valence-electron chi connectivity index (χ0n) is 16.0. The number of carbonyl (C=O) groups is 1. The van der Waals surface area contributed by atoms with E-state index in [0.29, 0.717) is 28.8 Å². The highest BCUT2D eigenvalue weighted by molar-refractivity contribution is 5.95. The van der Waals surface area contributed by atoms with Gasteiger partial charge in [0, 0.05) is 12.6 Å². The van der Waals surface area contributed by atoms with E-state index in [1.807, 2.05) is 0 Å². The molecule has 0 radical (unpaired) electrons. The molecule has 1 saturated carbocycles. The number of rotatable bonds is 4. The molecular weight excluding hydrogens is 383 g/mol. The quantitative estimate of drug-likeness (QED) is 0.668. The van der Waals surface area contributed by atoms with Crippen LogP contribution in [0.15, 0.2) is 30.1 Å². The summed E-state index contributed by atoms with van der Waals surface area (Å²) in [5, 5.41) is 4.02. The van der Waals surface area contributed by atoms with Crippen LogP contribution in [-0.4, -0.2) is 43.5 Å². The van der Waals surface area contributed by atoms with Crippen molar-refractivity contribution in [3.8, 4) is 0 Å². The molecule has 1 unspecified atom stereocenters. The fourth-order valence-electron chi connectivity index (χ4n) is 3.38. The van der Waals surface area contributed by atoms with Crippen LogP contribution in [0.5, 0.6) is 0 Å². The average Bonchev–Trinajstić information content (AvgIpc) is 3.27. The van der Waals surface area contributed by atoms with E-state index in [9.17, 15) is 18.0 Å². The lowest BCUT2D eigenvalue weighted by atomic mass is 10.1. The molecular formula is C20H18F3N5O. The fourth-order valence-corrected chi connectivity index (χ4v) is 3.38. The first-order chi connectivity index (χ1) is 13.8. The van der Waals surface area contributed by atoms with E-state index in [4.69, 9.17) is 0 Å². The normalized spacial score (nSPS) is 17.3. The van der Waals surface area contributed by atoms with Crippen LogP contribution in [0, 0.1) is 19.7 Å². The highest BCUT2D eigenvalue weighted by atomic mass is 19.3. The second-order valence-electron chi connectivity index (χ2n) is 7.16. The van der Waals surface area contributed by atoms with Crippen molar-refractivity contribution in [2.24, 2.45) is 0 Å². The molecule has 1 aliphatic rings. The van der Waals surface area contributed by atoms with Crippen LogP contribution in [0.3, 0.4) is 0 Å². The molecule has 0 aliphatic heterocycles. The van der Waals surface area contributed by atoms with Gasteiger partial charge in [0.2, 0.25) is 0 Å². The maximum atomic E-state index is 13.8. The van der Waals surface area contributed by atoms with Gasteiger partial charge in [-0.05, 0) is 61.2 Å². The molecule has 2 heterocycles. The molecule has 0 spiro atoms. The Kier molecular flexibility index (Phi) is 4.60. The van der Waals surface area contributed by atoms with Gasteiger partial charge in [0.05, 0.1) is 11.7 Å². The zero-order valence-corrected chi connectivity index (χ0v) is 16.0. The van der Waals surface area contributed by atoms with E-state index < -0.39 is 6.43 Å². The van der Waals surface area contributed by atoms with Crippen LogP contribution >= 0.6 is 0 Å². The number of aryl methyl sites for hydroxylation is 2. The number of nitrogens with zero attached hydrogens (tertiary/aromatic N) is 5. The molecule has 0 bridgehead atoms. The van der Waals surface area contributed by atoms with Gasteiger partial charge in [0.1, 0.15) is 17.8 Å². The maximum absolute atomic E-state index is 13.8. The molecule has 2 aromatic heterocycles. The Hall–Kier alpha value is -3.23. The van der Waals surface area contributed by atoms with Crippen molar-refractivity contribution in [3.63, 3.8) is 0 Å². The minimum Gasteiger partial charge on any atom is -0.335 e. The maximum Gasteiger partial charge on any atom is 0.280 e. The third kappa shape index (κ3) is 3.48. The number of fused-ring (bicyclic) bond motifs is 1. The second kappa shape index (κ2) is 6.98. The number of likely N-dealkylation sites (N-methyl/N-ethyl adjacent to an activating group) is 1. The van der Waals surface area contributed by atoms with Crippen LogP contribution < -0.4 is 0 Å². The molecule has 1 fully saturated rings. The lowest BCUT2D eigenvalue weighted by molar-refractivity contribution is 0.0790. The van der Waals surface area contributed by atoms with Gasteiger partial charge in [0.25, 0.3) is 18.1 Å². The Labute approximate surface area is 164 Å². The molecule has 1 aromatic carbocycles. The first-order valence-corrected chi connectivity index (χ1v) is 8.99. The third-order valence-corrected chi connectivity index (χ3v) is 5.02. The summed E-state index contributed by atoms with van der Waals surface area (Å²) in [7, 11) is 1.67. The summed E-state index contributed by atoms with van der Waals surface area (Å²) in [6.45, 7) is 3.24. The number of aromatic nitrogens is 4. The van der Waals surface area contributed by atoms with Crippen LogP contribution in [0.25, 0.3) is 11.9 Å². The summed E-state index contributed by atoms with van der Waals surface area (Å²) in [6.07, 6.45) is 0.867. The van der Waals surface area contributed by atoms with Gasteiger partial charge in [0.15, 0.2) is 0 Å². The highest BCUT2D eigenvalue weighted by Crippen LogP contribution is 2.37. The van der Waals surface area contributed by atoms with Crippen molar-refractivity contribution in [1.29, 1.82) is 0 Å². The topological polar surface area (TPSA) is 63.4 Å². The van der Waals surface area contributed by atoms with Gasteiger partial charge in [-0.2, -0.15) is 14.6 Å².